The van der Waals surface area contributed by atoms with Gasteiger partial charge in [0.15, 0.2) is 0 Å². The van der Waals surface area contributed by atoms with E-state index in [1.54, 1.807) is 31.3 Å². The van der Waals surface area contributed by atoms with Crippen LogP contribution in [0.5, 0.6) is 0 Å². The lowest BCUT2D eigenvalue weighted by atomic mass is 10.1. The minimum absolute atomic E-state index is 0.0994. The van der Waals surface area contributed by atoms with Gasteiger partial charge < -0.3 is 15.5 Å². The minimum Gasteiger partial charge on any atom is -0.355 e. The van der Waals surface area contributed by atoms with E-state index in [9.17, 15) is 9.59 Å². The van der Waals surface area contributed by atoms with Crippen molar-refractivity contribution < 1.29 is 9.59 Å². The molecule has 0 aliphatic heterocycles. The number of urea groups is 1. The van der Waals surface area contributed by atoms with Crippen molar-refractivity contribution >= 4 is 17.6 Å². The first-order valence-corrected chi connectivity index (χ1v) is 8.48. The first kappa shape index (κ1) is 18.5. The molecular formula is C20H25N3O2. The lowest BCUT2D eigenvalue weighted by molar-refractivity contribution is 0.0963. The summed E-state index contributed by atoms with van der Waals surface area (Å²) < 4.78 is 0. The van der Waals surface area contributed by atoms with E-state index in [2.05, 4.69) is 17.6 Å². The van der Waals surface area contributed by atoms with Crippen molar-refractivity contribution in [1.29, 1.82) is 0 Å². The molecule has 0 fully saturated rings. The largest absolute Gasteiger partial charge is 0.355 e. The normalized spacial score (nSPS) is 11.5. The molecule has 0 radical (unpaired) electrons. The number of nitrogens with one attached hydrogen (secondary N) is 2. The third kappa shape index (κ3) is 5.08. The van der Waals surface area contributed by atoms with Gasteiger partial charge in [-0.15, -0.1) is 0 Å². The number of amides is 3. The van der Waals surface area contributed by atoms with E-state index in [0.29, 0.717) is 17.8 Å². The Kier molecular flexibility index (Phi) is 6.57. The van der Waals surface area contributed by atoms with Gasteiger partial charge >= 0.3 is 6.03 Å². The van der Waals surface area contributed by atoms with Crippen LogP contribution in [0.2, 0.25) is 0 Å². The number of anilines is 1. The third-order valence-electron chi connectivity index (χ3n) is 4.18. The van der Waals surface area contributed by atoms with Gasteiger partial charge in [0.05, 0.1) is 0 Å². The van der Waals surface area contributed by atoms with Crippen LogP contribution in [0, 0.1) is 0 Å². The number of carbonyl (C=O) groups excluding carboxylic acids is 2. The number of carbonyl (C=O) groups is 2. The number of rotatable bonds is 6. The maximum atomic E-state index is 12.8. The summed E-state index contributed by atoms with van der Waals surface area (Å²) in [5.74, 6) is -0.181. The van der Waals surface area contributed by atoms with Crippen LogP contribution in [0.1, 0.15) is 36.2 Å². The van der Waals surface area contributed by atoms with Gasteiger partial charge in [-0.1, -0.05) is 43.3 Å². The maximum absolute atomic E-state index is 12.8. The zero-order valence-electron chi connectivity index (χ0n) is 15.0. The smallest absolute Gasteiger partial charge is 0.322 e. The fourth-order valence-electron chi connectivity index (χ4n) is 2.51. The summed E-state index contributed by atoms with van der Waals surface area (Å²) in [6.07, 6.45) is 0.860. The minimum atomic E-state index is -0.181. The number of hydrogen-bond donors (Lipinski definition) is 2. The molecule has 1 atom stereocenters. The standard InChI is InChI=1S/C20H25N3O2/c1-4-15(2)23(14-16-9-6-5-7-10-16)20(25)22-18-12-8-11-17(13-18)19(24)21-3/h5-13,15H,4,14H2,1-3H3,(H,21,24)(H,22,25)/t15-/m0/s1. The van der Waals surface area contributed by atoms with Gasteiger partial charge in [0.2, 0.25) is 0 Å². The molecule has 0 aliphatic carbocycles. The fraction of sp³-hybridized carbons (Fsp3) is 0.300. The van der Waals surface area contributed by atoms with Crippen LogP contribution in [0.15, 0.2) is 54.6 Å². The molecule has 2 rings (SSSR count). The van der Waals surface area contributed by atoms with Gasteiger partial charge in [-0.2, -0.15) is 0 Å². The first-order valence-electron chi connectivity index (χ1n) is 8.48. The summed E-state index contributed by atoms with van der Waals surface area (Å²) in [7, 11) is 1.58. The summed E-state index contributed by atoms with van der Waals surface area (Å²) in [6.45, 7) is 4.63. The molecule has 0 aromatic heterocycles. The second-order valence-corrected chi connectivity index (χ2v) is 5.96. The Balaban J connectivity index is 2.15. The second kappa shape index (κ2) is 8.87. The molecule has 25 heavy (non-hydrogen) atoms. The lowest BCUT2D eigenvalue weighted by Gasteiger charge is -2.29. The molecule has 0 saturated heterocycles. The zero-order valence-corrected chi connectivity index (χ0v) is 15.0. The van der Waals surface area contributed by atoms with Crippen molar-refractivity contribution in [3.8, 4) is 0 Å². The van der Waals surface area contributed by atoms with Crippen molar-refractivity contribution in [2.24, 2.45) is 0 Å². The number of benzene rings is 2. The quantitative estimate of drug-likeness (QED) is 0.839. The Labute approximate surface area is 149 Å². The molecule has 2 N–H and O–H groups in total. The predicted molar refractivity (Wildman–Crippen MR) is 101 cm³/mol. The Morgan fingerprint density at radius 3 is 2.44 bits per heavy atom. The Morgan fingerprint density at radius 1 is 1.08 bits per heavy atom. The topological polar surface area (TPSA) is 61.4 Å². The highest BCUT2D eigenvalue weighted by Gasteiger charge is 2.19. The van der Waals surface area contributed by atoms with Gasteiger partial charge in [-0.25, -0.2) is 4.79 Å². The monoisotopic (exact) mass is 339 g/mol. The van der Waals surface area contributed by atoms with E-state index in [0.717, 1.165) is 12.0 Å². The maximum Gasteiger partial charge on any atom is 0.322 e. The van der Waals surface area contributed by atoms with E-state index in [4.69, 9.17) is 0 Å². The molecule has 0 saturated carbocycles. The SMILES string of the molecule is CC[C@H](C)N(Cc1ccccc1)C(=O)Nc1cccc(C(=O)NC)c1. The van der Waals surface area contributed by atoms with Crippen molar-refractivity contribution in [3.63, 3.8) is 0 Å². The third-order valence-corrected chi connectivity index (χ3v) is 4.18. The lowest BCUT2D eigenvalue weighted by Crippen LogP contribution is -2.40. The molecule has 5 heteroatoms. The molecule has 5 nitrogen and oxygen atoms in total. The Morgan fingerprint density at radius 2 is 1.80 bits per heavy atom. The van der Waals surface area contributed by atoms with Gasteiger partial charge in [-0.3, -0.25) is 4.79 Å². The van der Waals surface area contributed by atoms with Crippen LogP contribution >= 0.6 is 0 Å². The highest BCUT2D eigenvalue weighted by atomic mass is 16.2. The van der Waals surface area contributed by atoms with E-state index in [1.807, 2.05) is 42.2 Å². The van der Waals surface area contributed by atoms with Crippen molar-refractivity contribution in [1.82, 2.24) is 10.2 Å². The number of hydrogen-bond acceptors (Lipinski definition) is 2. The van der Waals surface area contributed by atoms with E-state index in [1.165, 1.54) is 0 Å². The fourth-order valence-corrected chi connectivity index (χ4v) is 2.51. The Bertz CT molecular complexity index is 716. The average Bonchev–Trinajstić information content (AvgIpc) is 2.65. The molecule has 0 spiro atoms. The van der Waals surface area contributed by atoms with Crippen molar-refractivity contribution in [3.05, 3.63) is 65.7 Å². The van der Waals surface area contributed by atoms with Gasteiger partial charge in [0.25, 0.3) is 5.91 Å². The predicted octanol–water partition coefficient (Wildman–Crippen LogP) is 3.88. The van der Waals surface area contributed by atoms with E-state index >= 15 is 0 Å². The molecule has 132 valence electrons. The highest BCUT2D eigenvalue weighted by Crippen LogP contribution is 2.15. The second-order valence-electron chi connectivity index (χ2n) is 5.96. The molecule has 3 amide bonds. The molecule has 0 bridgehead atoms. The molecule has 2 aromatic carbocycles. The zero-order chi connectivity index (χ0) is 18.2. The van der Waals surface area contributed by atoms with Gasteiger partial charge in [-0.05, 0) is 37.1 Å². The van der Waals surface area contributed by atoms with Gasteiger partial charge in [0, 0.05) is 30.9 Å². The summed E-state index contributed by atoms with van der Waals surface area (Å²) >= 11 is 0. The van der Waals surface area contributed by atoms with Crippen molar-refractivity contribution in [2.45, 2.75) is 32.9 Å². The summed E-state index contributed by atoms with van der Waals surface area (Å²) in [5, 5.41) is 5.49. The van der Waals surface area contributed by atoms with Crippen molar-refractivity contribution in [2.75, 3.05) is 12.4 Å². The van der Waals surface area contributed by atoms with Crippen LogP contribution in [0.4, 0.5) is 10.5 Å². The van der Waals surface area contributed by atoms with Crippen LogP contribution in [-0.2, 0) is 6.54 Å². The summed E-state index contributed by atoms with van der Waals surface area (Å²) in [5.41, 5.74) is 2.20. The van der Waals surface area contributed by atoms with E-state index in [-0.39, 0.29) is 18.0 Å². The first-order chi connectivity index (χ1) is 12.0. The average molecular weight is 339 g/mol. The molecule has 2 aromatic rings. The van der Waals surface area contributed by atoms with Crippen LogP contribution in [-0.4, -0.2) is 29.9 Å². The molecule has 0 unspecified atom stereocenters. The van der Waals surface area contributed by atoms with Crippen LogP contribution < -0.4 is 10.6 Å². The molecular weight excluding hydrogens is 314 g/mol. The molecule has 0 aliphatic rings. The summed E-state index contributed by atoms with van der Waals surface area (Å²) in [4.78, 5) is 26.3. The van der Waals surface area contributed by atoms with Crippen LogP contribution in [0.3, 0.4) is 0 Å². The van der Waals surface area contributed by atoms with Crippen LogP contribution in [0.25, 0.3) is 0 Å². The molecule has 0 heterocycles. The highest BCUT2D eigenvalue weighted by molar-refractivity contribution is 5.96. The van der Waals surface area contributed by atoms with Gasteiger partial charge in [0.1, 0.15) is 0 Å². The Hall–Kier alpha value is -2.82. The summed E-state index contributed by atoms with van der Waals surface area (Å²) in [6, 6.07) is 16.8. The van der Waals surface area contributed by atoms with E-state index < -0.39 is 0 Å². The number of nitrogens with zero attached hydrogens (tertiary/aromatic N) is 1.